The monoisotopic (exact) mass is 201 g/mol. The molecule has 0 aliphatic heterocycles. The molecular formula is C6H7N3O3S. The summed E-state index contributed by atoms with van der Waals surface area (Å²) in [6, 6.07) is 0. The zero-order valence-corrected chi connectivity index (χ0v) is 7.63. The van der Waals surface area contributed by atoms with Crippen LogP contribution in [0.4, 0.5) is 5.13 Å². The molecule has 13 heavy (non-hydrogen) atoms. The van der Waals surface area contributed by atoms with E-state index in [4.69, 9.17) is 0 Å². The SMILES string of the molecule is CCOC(=O)C(=O)Nc1nncs1. The number of nitrogens with one attached hydrogen (secondary N) is 1. The Balaban J connectivity index is 2.46. The number of nitrogens with zero attached hydrogens (tertiary/aromatic N) is 2. The van der Waals surface area contributed by atoms with E-state index < -0.39 is 11.9 Å². The smallest absolute Gasteiger partial charge is 0.397 e. The maximum absolute atomic E-state index is 11.0. The molecule has 1 amide bonds. The van der Waals surface area contributed by atoms with Gasteiger partial charge in [0.2, 0.25) is 5.13 Å². The van der Waals surface area contributed by atoms with Crippen LogP contribution in [0, 0.1) is 0 Å². The molecule has 1 aromatic heterocycles. The van der Waals surface area contributed by atoms with Crippen LogP contribution < -0.4 is 5.32 Å². The summed E-state index contributed by atoms with van der Waals surface area (Å²) in [6.07, 6.45) is 0. The van der Waals surface area contributed by atoms with Crippen LogP contribution in [0.5, 0.6) is 0 Å². The molecular weight excluding hydrogens is 194 g/mol. The molecule has 0 bridgehead atoms. The molecule has 0 atom stereocenters. The molecule has 1 N–H and O–H groups in total. The number of hydrogen-bond acceptors (Lipinski definition) is 6. The van der Waals surface area contributed by atoms with Gasteiger partial charge >= 0.3 is 11.9 Å². The van der Waals surface area contributed by atoms with E-state index in [-0.39, 0.29) is 11.7 Å². The quantitative estimate of drug-likeness (QED) is 0.539. The number of esters is 1. The van der Waals surface area contributed by atoms with Gasteiger partial charge in [-0.25, -0.2) is 4.79 Å². The van der Waals surface area contributed by atoms with Crippen molar-refractivity contribution in [3.05, 3.63) is 5.51 Å². The predicted molar refractivity (Wildman–Crippen MR) is 45.2 cm³/mol. The van der Waals surface area contributed by atoms with Crippen LogP contribution in [0.15, 0.2) is 5.51 Å². The Morgan fingerprint density at radius 2 is 2.46 bits per heavy atom. The second-order valence-corrected chi connectivity index (χ2v) is 2.75. The predicted octanol–water partition coefficient (Wildman–Crippen LogP) is 0.0397. The van der Waals surface area contributed by atoms with Crippen molar-refractivity contribution in [2.24, 2.45) is 0 Å². The van der Waals surface area contributed by atoms with Crippen molar-refractivity contribution in [3.63, 3.8) is 0 Å². The Bertz CT molecular complexity index is 298. The second-order valence-electron chi connectivity index (χ2n) is 1.92. The number of aromatic nitrogens is 2. The van der Waals surface area contributed by atoms with Crippen molar-refractivity contribution in [1.82, 2.24) is 10.2 Å². The van der Waals surface area contributed by atoms with E-state index in [1.54, 1.807) is 6.92 Å². The standard InChI is InChI=1S/C6H7N3O3S/c1-2-12-5(11)4(10)8-6-9-7-3-13-6/h3H,2H2,1H3,(H,8,9,10). The molecule has 1 aromatic rings. The Labute approximate surface area is 77.9 Å². The van der Waals surface area contributed by atoms with Gasteiger partial charge in [-0.3, -0.25) is 10.1 Å². The van der Waals surface area contributed by atoms with Crippen LogP contribution in [0.3, 0.4) is 0 Å². The number of carbonyl (C=O) groups excluding carboxylic acids is 2. The summed E-state index contributed by atoms with van der Waals surface area (Å²) in [5, 5.41) is 9.52. The first-order valence-electron chi connectivity index (χ1n) is 3.48. The van der Waals surface area contributed by atoms with Crippen molar-refractivity contribution in [3.8, 4) is 0 Å². The lowest BCUT2D eigenvalue weighted by atomic mass is 10.6. The van der Waals surface area contributed by atoms with E-state index in [1.165, 1.54) is 5.51 Å². The van der Waals surface area contributed by atoms with Crippen LogP contribution >= 0.6 is 11.3 Å². The van der Waals surface area contributed by atoms with Crippen LogP contribution in [-0.2, 0) is 14.3 Å². The summed E-state index contributed by atoms with van der Waals surface area (Å²) in [7, 11) is 0. The summed E-state index contributed by atoms with van der Waals surface area (Å²) in [5.74, 6) is -1.75. The third kappa shape index (κ3) is 2.79. The maximum Gasteiger partial charge on any atom is 0.397 e. The fourth-order valence-corrected chi connectivity index (χ4v) is 1.01. The number of hydrogen-bond donors (Lipinski definition) is 1. The zero-order chi connectivity index (χ0) is 9.68. The Morgan fingerprint density at radius 3 is 3.00 bits per heavy atom. The van der Waals surface area contributed by atoms with Crippen LogP contribution in [0.1, 0.15) is 6.92 Å². The van der Waals surface area contributed by atoms with E-state index in [0.29, 0.717) is 0 Å². The highest BCUT2D eigenvalue weighted by atomic mass is 32.1. The maximum atomic E-state index is 11.0. The highest BCUT2D eigenvalue weighted by molar-refractivity contribution is 7.13. The van der Waals surface area contributed by atoms with E-state index in [9.17, 15) is 9.59 Å². The number of carbonyl (C=O) groups is 2. The van der Waals surface area contributed by atoms with Gasteiger partial charge in [-0.15, -0.1) is 10.2 Å². The molecule has 6 nitrogen and oxygen atoms in total. The normalized spacial score (nSPS) is 9.31. The van der Waals surface area contributed by atoms with Gasteiger partial charge in [0.25, 0.3) is 0 Å². The highest BCUT2D eigenvalue weighted by Gasteiger charge is 2.15. The van der Waals surface area contributed by atoms with Gasteiger partial charge in [-0.1, -0.05) is 11.3 Å². The van der Waals surface area contributed by atoms with Gasteiger partial charge in [0.1, 0.15) is 5.51 Å². The Kier molecular flexibility index (Phi) is 3.32. The zero-order valence-electron chi connectivity index (χ0n) is 6.81. The summed E-state index contributed by atoms with van der Waals surface area (Å²) in [4.78, 5) is 21.7. The largest absolute Gasteiger partial charge is 0.459 e. The minimum atomic E-state index is -0.919. The number of amides is 1. The fourth-order valence-electron chi connectivity index (χ4n) is 0.572. The second kappa shape index (κ2) is 4.51. The van der Waals surface area contributed by atoms with Crippen molar-refractivity contribution in [1.29, 1.82) is 0 Å². The first-order valence-corrected chi connectivity index (χ1v) is 4.36. The molecule has 0 unspecified atom stereocenters. The average Bonchev–Trinajstić information content (AvgIpc) is 2.57. The third-order valence-corrected chi connectivity index (χ3v) is 1.65. The summed E-state index contributed by atoms with van der Waals surface area (Å²) in [5.41, 5.74) is 1.45. The summed E-state index contributed by atoms with van der Waals surface area (Å²) >= 11 is 1.12. The molecule has 0 spiro atoms. The van der Waals surface area contributed by atoms with Crippen LogP contribution in [-0.4, -0.2) is 28.7 Å². The molecule has 0 aromatic carbocycles. The number of anilines is 1. The number of rotatable bonds is 2. The van der Waals surface area contributed by atoms with Gasteiger partial charge in [0.15, 0.2) is 0 Å². The lowest BCUT2D eigenvalue weighted by Gasteiger charge is -1.99. The first kappa shape index (κ1) is 9.59. The molecule has 0 saturated heterocycles. The van der Waals surface area contributed by atoms with Gasteiger partial charge in [-0.2, -0.15) is 0 Å². The fraction of sp³-hybridized carbons (Fsp3) is 0.333. The molecule has 0 aliphatic carbocycles. The first-order chi connectivity index (χ1) is 6.24. The van der Waals surface area contributed by atoms with Gasteiger partial charge < -0.3 is 4.74 Å². The molecule has 0 radical (unpaired) electrons. The lowest BCUT2D eigenvalue weighted by molar-refractivity contribution is -0.152. The summed E-state index contributed by atoms with van der Waals surface area (Å²) < 4.78 is 4.46. The molecule has 0 aliphatic rings. The topological polar surface area (TPSA) is 81.2 Å². The molecule has 1 heterocycles. The number of ether oxygens (including phenoxy) is 1. The van der Waals surface area contributed by atoms with E-state index in [0.717, 1.165) is 11.3 Å². The van der Waals surface area contributed by atoms with Gasteiger partial charge in [0.05, 0.1) is 6.61 Å². The van der Waals surface area contributed by atoms with E-state index in [2.05, 4.69) is 20.3 Å². The Hall–Kier alpha value is -1.50. The van der Waals surface area contributed by atoms with Crippen LogP contribution in [0.2, 0.25) is 0 Å². The van der Waals surface area contributed by atoms with Crippen molar-refractivity contribution in [2.75, 3.05) is 11.9 Å². The minimum absolute atomic E-state index is 0.169. The molecule has 0 saturated carbocycles. The average molecular weight is 201 g/mol. The van der Waals surface area contributed by atoms with Crippen molar-refractivity contribution < 1.29 is 14.3 Å². The lowest BCUT2D eigenvalue weighted by Crippen LogP contribution is -2.24. The van der Waals surface area contributed by atoms with Gasteiger partial charge in [0, 0.05) is 0 Å². The Morgan fingerprint density at radius 1 is 1.69 bits per heavy atom. The van der Waals surface area contributed by atoms with Gasteiger partial charge in [-0.05, 0) is 6.92 Å². The van der Waals surface area contributed by atoms with E-state index >= 15 is 0 Å². The minimum Gasteiger partial charge on any atom is -0.459 e. The molecule has 70 valence electrons. The third-order valence-electron chi connectivity index (χ3n) is 1.04. The van der Waals surface area contributed by atoms with Crippen molar-refractivity contribution in [2.45, 2.75) is 6.92 Å². The molecule has 7 heteroatoms. The van der Waals surface area contributed by atoms with Crippen LogP contribution in [0.25, 0.3) is 0 Å². The van der Waals surface area contributed by atoms with E-state index in [1.807, 2.05) is 0 Å². The molecule has 0 fully saturated rings. The molecule has 1 rings (SSSR count). The summed E-state index contributed by atoms with van der Waals surface area (Å²) in [6.45, 7) is 1.79. The highest BCUT2D eigenvalue weighted by Crippen LogP contribution is 2.07. The van der Waals surface area contributed by atoms with Crippen molar-refractivity contribution >= 4 is 28.3 Å².